The van der Waals surface area contributed by atoms with Gasteiger partial charge in [-0.1, -0.05) is 97.8 Å². The van der Waals surface area contributed by atoms with Gasteiger partial charge in [-0.3, -0.25) is 0 Å². The Kier molecular flexibility index (Phi) is 11.5. The molecule has 0 bridgehead atoms. The van der Waals surface area contributed by atoms with Crippen molar-refractivity contribution in [2.45, 2.75) is 13.8 Å². The van der Waals surface area contributed by atoms with Gasteiger partial charge in [0, 0.05) is 0 Å². The van der Waals surface area contributed by atoms with Gasteiger partial charge in [0.05, 0.1) is 0 Å². The minimum atomic E-state index is -2.44. The van der Waals surface area contributed by atoms with Crippen LogP contribution in [0.5, 0.6) is 0 Å². The molecule has 0 aliphatic heterocycles. The van der Waals surface area contributed by atoms with Crippen molar-refractivity contribution in [1.29, 1.82) is 0 Å². The Bertz CT molecular complexity index is 2080. The SMILES string of the molecule is Cc1cc2c(-c3ccccc3)cccc2[cH-]1.Cc1cc2c(-c3ccccc3)cccc2[cH-]1.[Cl][Zr]([Cl])=[C](c1ccccc1)c1ccccc1. The van der Waals surface area contributed by atoms with E-state index in [9.17, 15) is 0 Å². The number of hydrogen-bond acceptors (Lipinski definition) is 0. The first-order chi connectivity index (χ1) is 23.5. The van der Waals surface area contributed by atoms with Crippen molar-refractivity contribution in [3.8, 4) is 22.3 Å². The van der Waals surface area contributed by atoms with Gasteiger partial charge in [0.2, 0.25) is 0 Å². The number of hydrogen-bond donors (Lipinski definition) is 0. The van der Waals surface area contributed by atoms with E-state index in [2.05, 4.69) is 159 Å². The fourth-order valence-corrected chi connectivity index (χ4v) is 10.6. The Morgan fingerprint density at radius 3 is 1.15 bits per heavy atom. The molecule has 0 nitrogen and oxygen atoms in total. The first kappa shape index (κ1) is 33.8. The summed E-state index contributed by atoms with van der Waals surface area (Å²) in [6.07, 6.45) is 0. The molecule has 0 amide bonds. The number of fused-ring (bicyclic) bond motifs is 2. The van der Waals surface area contributed by atoms with Gasteiger partial charge in [0.15, 0.2) is 0 Å². The molecular formula is C45H36Cl2Zr-2. The summed E-state index contributed by atoms with van der Waals surface area (Å²) in [5.41, 5.74) is 10.2. The van der Waals surface area contributed by atoms with Crippen molar-refractivity contribution in [3.63, 3.8) is 0 Å². The van der Waals surface area contributed by atoms with Crippen molar-refractivity contribution in [2.24, 2.45) is 0 Å². The van der Waals surface area contributed by atoms with E-state index >= 15 is 0 Å². The molecule has 0 aliphatic rings. The van der Waals surface area contributed by atoms with Gasteiger partial charge in [-0.15, -0.1) is 69.1 Å². The summed E-state index contributed by atoms with van der Waals surface area (Å²) in [6.45, 7) is 4.30. The predicted molar refractivity (Wildman–Crippen MR) is 207 cm³/mol. The molecule has 0 unspecified atom stereocenters. The van der Waals surface area contributed by atoms with Gasteiger partial charge in [-0.05, 0) is 11.1 Å². The van der Waals surface area contributed by atoms with E-state index in [0.29, 0.717) is 0 Å². The van der Waals surface area contributed by atoms with Crippen LogP contribution in [0.3, 0.4) is 0 Å². The van der Waals surface area contributed by atoms with Crippen LogP contribution in [0.15, 0.2) is 182 Å². The summed E-state index contributed by atoms with van der Waals surface area (Å²) in [4.78, 5) is 0. The van der Waals surface area contributed by atoms with E-state index in [1.807, 2.05) is 36.4 Å². The van der Waals surface area contributed by atoms with Gasteiger partial charge in [0.25, 0.3) is 0 Å². The number of aryl methyl sites for hydroxylation is 2. The predicted octanol–water partition coefficient (Wildman–Crippen LogP) is 13.2. The molecule has 0 spiro atoms. The van der Waals surface area contributed by atoms with Crippen LogP contribution >= 0.6 is 17.0 Å². The Morgan fingerprint density at radius 2 is 0.792 bits per heavy atom. The van der Waals surface area contributed by atoms with E-state index in [4.69, 9.17) is 17.0 Å². The summed E-state index contributed by atoms with van der Waals surface area (Å²) in [7, 11) is 12.5. The molecule has 0 saturated carbocycles. The molecule has 0 atom stereocenters. The molecule has 0 radical (unpaired) electrons. The summed E-state index contributed by atoms with van der Waals surface area (Å²) >= 11 is -2.44. The molecule has 0 fully saturated rings. The van der Waals surface area contributed by atoms with Crippen LogP contribution in [0.1, 0.15) is 22.3 Å². The first-order valence-electron chi connectivity index (χ1n) is 16.1. The Balaban J connectivity index is 0.000000125. The third kappa shape index (κ3) is 8.29. The molecular weight excluding hydrogens is 703 g/mol. The Labute approximate surface area is 298 Å². The van der Waals surface area contributed by atoms with Crippen LogP contribution in [-0.4, -0.2) is 3.21 Å². The molecule has 0 N–H and O–H groups in total. The summed E-state index contributed by atoms with van der Waals surface area (Å²) in [6, 6.07) is 63.4. The molecule has 8 aromatic rings. The fourth-order valence-electron chi connectivity index (χ4n) is 6.10. The zero-order valence-corrected chi connectivity index (χ0v) is 31.0. The molecule has 236 valence electrons. The topological polar surface area (TPSA) is 0 Å². The fraction of sp³-hybridized carbons (Fsp3) is 0.0444. The molecule has 8 rings (SSSR count). The minimum absolute atomic E-state index is 1.15. The van der Waals surface area contributed by atoms with Crippen LogP contribution < -0.4 is 0 Å². The maximum atomic E-state index is 6.24. The van der Waals surface area contributed by atoms with Gasteiger partial charge in [0.1, 0.15) is 0 Å². The van der Waals surface area contributed by atoms with E-state index in [0.717, 1.165) is 14.3 Å². The van der Waals surface area contributed by atoms with E-state index in [1.165, 1.54) is 54.9 Å². The molecule has 0 aliphatic carbocycles. The number of halogens is 2. The van der Waals surface area contributed by atoms with Gasteiger partial charge in [-0.2, -0.15) is 12.1 Å². The summed E-state index contributed by atoms with van der Waals surface area (Å²) in [5, 5.41) is 5.37. The van der Waals surface area contributed by atoms with E-state index < -0.39 is 18.9 Å². The molecule has 48 heavy (non-hydrogen) atoms. The monoisotopic (exact) mass is 736 g/mol. The average molecular weight is 739 g/mol. The Hall–Kier alpha value is -4.13. The van der Waals surface area contributed by atoms with Gasteiger partial charge in [-0.25, -0.2) is 0 Å². The second-order valence-corrected chi connectivity index (χ2v) is 19.9. The van der Waals surface area contributed by atoms with E-state index in [-0.39, 0.29) is 0 Å². The summed E-state index contributed by atoms with van der Waals surface area (Å²) < 4.78 is 1.15. The molecule has 0 heterocycles. The second-order valence-electron chi connectivity index (χ2n) is 11.8. The average Bonchev–Trinajstić information content (AvgIpc) is 3.71. The molecule has 8 aromatic carbocycles. The number of rotatable bonds is 4. The van der Waals surface area contributed by atoms with Crippen LogP contribution in [0.2, 0.25) is 0 Å². The third-order valence-electron chi connectivity index (χ3n) is 8.27. The van der Waals surface area contributed by atoms with Crippen LogP contribution in [0.25, 0.3) is 43.8 Å². The second kappa shape index (κ2) is 16.3. The standard InChI is InChI=1S/2C16H13.C13H10.2ClH.Zr/c2*1-12-10-14-8-5-9-15(16(14)11-12)13-6-3-2-4-7-13;1-3-7-12(8-4-1)11-13-9-5-2-6-10-13;;;/h2*2-11H,1H3;1-10H;2*1H;/q2*-1;;;;+2/p-2. The van der Waals surface area contributed by atoms with Crippen molar-refractivity contribution in [2.75, 3.05) is 0 Å². The molecule has 3 heteroatoms. The quantitative estimate of drug-likeness (QED) is 0.158. The van der Waals surface area contributed by atoms with Gasteiger partial charge < -0.3 is 0 Å². The normalized spacial score (nSPS) is 10.5. The number of benzene rings is 6. The van der Waals surface area contributed by atoms with Crippen molar-refractivity contribution < 1.29 is 18.9 Å². The zero-order chi connectivity index (χ0) is 33.3. The Morgan fingerprint density at radius 1 is 0.438 bits per heavy atom. The van der Waals surface area contributed by atoms with Crippen molar-refractivity contribution >= 4 is 41.8 Å². The van der Waals surface area contributed by atoms with Crippen LogP contribution in [-0.2, 0) is 18.9 Å². The molecule has 0 saturated heterocycles. The zero-order valence-electron chi connectivity index (χ0n) is 27.1. The molecule has 0 aromatic heterocycles. The van der Waals surface area contributed by atoms with Crippen molar-refractivity contribution in [3.05, 3.63) is 204 Å². The third-order valence-corrected chi connectivity index (χ3v) is 12.9. The summed E-state index contributed by atoms with van der Waals surface area (Å²) in [5.74, 6) is 0. The van der Waals surface area contributed by atoms with Crippen LogP contribution in [0, 0.1) is 13.8 Å². The van der Waals surface area contributed by atoms with Crippen molar-refractivity contribution in [1.82, 2.24) is 0 Å². The first-order valence-corrected chi connectivity index (χ1v) is 23.6. The van der Waals surface area contributed by atoms with Crippen LogP contribution in [0.4, 0.5) is 0 Å². The van der Waals surface area contributed by atoms with Gasteiger partial charge >= 0.3 is 111 Å². The maximum absolute atomic E-state index is 6.24. The van der Waals surface area contributed by atoms with E-state index in [1.54, 1.807) is 0 Å².